The van der Waals surface area contributed by atoms with Gasteiger partial charge in [0.2, 0.25) is 0 Å². The molecule has 0 radical (unpaired) electrons. The van der Waals surface area contributed by atoms with Gasteiger partial charge in [-0.15, -0.1) is 11.3 Å². The maximum atomic E-state index is 12.5. The van der Waals surface area contributed by atoms with Gasteiger partial charge in [-0.25, -0.2) is 15.0 Å². The van der Waals surface area contributed by atoms with Crippen molar-refractivity contribution in [2.75, 3.05) is 37.4 Å². The molecule has 5 rings (SSSR count). The highest BCUT2D eigenvalue weighted by Gasteiger charge is 2.21. The number of Topliss-reactive ketones (excluding diaryl/α,β-unsaturated/α-hetero) is 1. The van der Waals surface area contributed by atoms with E-state index < -0.39 is 0 Å². The van der Waals surface area contributed by atoms with Crippen LogP contribution < -0.4 is 10.2 Å². The number of nitrogens with one attached hydrogen (secondary N) is 1. The second kappa shape index (κ2) is 10.7. The molecule has 36 heavy (non-hydrogen) atoms. The molecule has 2 aromatic carbocycles. The van der Waals surface area contributed by atoms with Gasteiger partial charge in [-0.2, -0.15) is 0 Å². The molecule has 0 unspecified atom stereocenters. The maximum absolute atomic E-state index is 12.5. The Bertz CT molecular complexity index is 1350. The number of rotatable bonds is 9. The highest BCUT2D eigenvalue weighted by molar-refractivity contribution is 7.16. The summed E-state index contributed by atoms with van der Waals surface area (Å²) in [6.45, 7) is 4.28. The number of anilines is 3. The highest BCUT2D eigenvalue weighted by Crippen LogP contribution is 2.31. The topological polar surface area (TPSA) is 74.2 Å². The van der Waals surface area contributed by atoms with Crippen molar-refractivity contribution in [2.45, 2.75) is 38.6 Å². The largest absolute Gasteiger partial charge is 0.369 e. The zero-order chi connectivity index (χ0) is 25.1. The van der Waals surface area contributed by atoms with Gasteiger partial charge < -0.3 is 15.1 Å². The lowest BCUT2D eigenvalue weighted by Gasteiger charge is -2.24. The van der Waals surface area contributed by atoms with Crippen molar-refractivity contribution in [2.24, 2.45) is 0 Å². The van der Waals surface area contributed by atoms with Crippen molar-refractivity contribution in [1.82, 2.24) is 19.9 Å². The summed E-state index contributed by atoms with van der Waals surface area (Å²) < 4.78 is 0. The number of benzene rings is 2. The van der Waals surface area contributed by atoms with Crippen LogP contribution in [0.1, 0.15) is 43.0 Å². The van der Waals surface area contributed by atoms with Gasteiger partial charge in [-0.05, 0) is 65.0 Å². The lowest BCUT2D eigenvalue weighted by molar-refractivity contribution is 0.0977. The Balaban J connectivity index is 1.38. The van der Waals surface area contributed by atoms with Gasteiger partial charge in [0, 0.05) is 41.5 Å². The number of ketones is 1. The van der Waals surface area contributed by atoms with Gasteiger partial charge in [0.1, 0.15) is 10.3 Å². The zero-order valence-corrected chi connectivity index (χ0v) is 21.9. The van der Waals surface area contributed by atoms with Crippen molar-refractivity contribution >= 4 is 44.7 Å². The van der Waals surface area contributed by atoms with E-state index in [2.05, 4.69) is 51.3 Å². The number of carbonyl (C=O) groups is 1. The van der Waals surface area contributed by atoms with Crippen molar-refractivity contribution in [1.29, 1.82) is 0 Å². The van der Waals surface area contributed by atoms with Crippen LogP contribution in [0.3, 0.4) is 0 Å². The number of fused-ring (bicyclic) bond motifs is 1. The van der Waals surface area contributed by atoms with Gasteiger partial charge in [0.15, 0.2) is 17.4 Å². The first-order chi connectivity index (χ1) is 17.5. The molecule has 2 aromatic heterocycles. The molecule has 1 atom stereocenters. The van der Waals surface area contributed by atoms with Crippen LogP contribution in [0.2, 0.25) is 0 Å². The van der Waals surface area contributed by atoms with E-state index in [1.54, 1.807) is 5.51 Å². The molecule has 0 saturated carbocycles. The number of hydrogen-bond acceptors (Lipinski definition) is 8. The smallest absolute Gasteiger partial charge is 0.163 e. The predicted octanol–water partition coefficient (Wildman–Crippen LogP) is 6.01. The molecule has 1 aliphatic rings. The zero-order valence-electron chi connectivity index (χ0n) is 21.1. The summed E-state index contributed by atoms with van der Waals surface area (Å²) in [4.78, 5) is 32.0. The van der Waals surface area contributed by atoms with Crippen LogP contribution in [0.5, 0.6) is 0 Å². The van der Waals surface area contributed by atoms with E-state index in [9.17, 15) is 4.79 Å². The van der Waals surface area contributed by atoms with E-state index in [0.29, 0.717) is 24.1 Å². The van der Waals surface area contributed by atoms with Crippen molar-refractivity contribution < 1.29 is 4.79 Å². The average Bonchev–Trinajstić information content (AvgIpc) is 3.53. The molecule has 7 nitrogen and oxygen atoms in total. The van der Waals surface area contributed by atoms with E-state index in [4.69, 9.17) is 9.97 Å². The maximum Gasteiger partial charge on any atom is 0.163 e. The second-order valence-corrected chi connectivity index (χ2v) is 10.5. The third kappa shape index (κ3) is 5.39. The third-order valence-corrected chi connectivity index (χ3v) is 7.38. The highest BCUT2D eigenvalue weighted by atomic mass is 32.1. The molecule has 0 amide bonds. The summed E-state index contributed by atoms with van der Waals surface area (Å²) in [5, 5.41) is 3.49. The summed E-state index contributed by atoms with van der Waals surface area (Å²) >= 11 is 1.50. The van der Waals surface area contributed by atoms with Gasteiger partial charge in [-0.1, -0.05) is 30.3 Å². The van der Waals surface area contributed by atoms with Crippen molar-refractivity contribution in [3.05, 3.63) is 59.6 Å². The molecular formula is C28H32N6OS. The van der Waals surface area contributed by atoms with Crippen LogP contribution >= 0.6 is 11.3 Å². The Morgan fingerprint density at radius 3 is 2.75 bits per heavy atom. The lowest BCUT2D eigenvalue weighted by atomic mass is 10.0. The molecule has 0 aliphatic carbocycles. The fraction of sp³-hybridized carbons (Fsp3) is 0.357. The average molecular weight is 501 g/mol. The van der Waals surface area contributed by atoms with Crippen LogP contribution in [-0.2, 0) is 0 Å². The summed E-state index contributed by atoms with van der Waals surface area (Å²) in [7, 11) is 4.04. The van der Waals surface area contributed by atoms with Gasteiger partial charge >= 0.3 is 0 Å². The Kier molecular flexibility index (Phi) is 7.25. The minimum atomic E-state index is 0.164. The standard InChI is InChI=1S/C28H32N6OS/c1-19-7-5-16-34(19)23-9-4-8-22(17-23)30-27-25-28(36-18-29-25)32-26(31-27)21-13-11-20(12-14-21)24(35)10-6-15-33(2)3/h4,8-9,11-14,17-19H,5-7,10,15-16H2,1-3H3,(H,30,31,32)/t19-/m0/s1. The van der Waals surface area contributed by atoms with Gasteiger partial charge in [0.05, 0.1) is 5.51 Å². The minimum Gasteiger partial charge on any atom is -0.369 e. The van der Waals surface area contributed by atoms with Gasteiger partial charge in [-0.3, -0.25) is 4.79 Å². The molecule has 4 aromatic rings. The third-order valence-electron chi connectivity index (χ3n) is 6.67. The molecular weight excluding hydrogens is 468 g/mol. The van der Waals surface area contributed by atoms with Crippen LogP contribution in [0, 0.1) is 0 Å². The van der Waals surface area contributed by atoms with E-state index in [1.165, 1.54) is 29.9 Å². The molecule has 1 fully saturated rings. The van der Waals surface area contributed by atoms with E-state index in [1.807, 2.05) is 38.4 Å². The summed E-state index contributed by atoms with van der Waals surface area (Å²) in [6, 6.07) is 16.7. The van der Waals surface area contributed by atoms with E-state index in [-0.39, 0.29) is 5.78 Å². The van der Waals surface area contributed by atoms with E-state index >= 15 is 0 Å². The molecule has 0 bridgehead atoms. The Labute approximate surface area is 216 Å². The van der Waals surface area contributed by atoms with Crippen molar-refractivity contribution in [3.8, 4) is 11.4 Å². The second-order valence-electron chi connectivity index (χ2n) is 9.67. The molecule has 1 saturated heterocycles. The predicted molar refractivity (Wildman–Crippen MR) is 149 cm³/mol. The molecule has 186 valence electrons. The molecule has 1 aliphatic heterocycles. The normalized spacial score (nSPS) is 15.7. The fourth-order valence-electron chi connectivity index (χ4n) is 4.70. The minimum absolute atomic E-state index is 0.164. The summed E-state index contributed by atoms with van der Waals surface area (Å²) in [5.41, 5.74) is 6.35. The first kappa shape index (κ1) is 24.3. The van der Waals surface area contributed by atoms with E-state index in [0.717, 1.165) is 46.7 Å². The summed E-state index contributed by atoms with van der Waals surface area (Å²) in [5.74, 6) is 1.47. The molecule has 1 N–H and O–H groups in total. The first-order valence-electron chi connectivity index (χ1n) is 12.5. The number of thiazole rings is 1. The van der Waals surface area contributed by atoms with Crippen LogP contribution in [0.4, 0.5) is 17.2 Å². The van der Waals surface area contributed by atoms with Crippen LogP contribution in [0.25, 0.3) is 21.7 Å². The number of hydrogen-bond donors (Lipinski definition) is 1. The quantitative estimate of drug-likeness (QED) is 0.282. The Morgan fingerprint density at radius 1 is 1.17 bits per heavy atom. The monoisotopic (exact) mass is 500 g/mol. The number of carbonyl (C=O) groups excluding carboxylic acids is 1. The lowest BCUT2D eigenvalue weighted by Crippen LogP contribution is -2.26. The molecule has 8 heteroatoms. The SMILES string of the molecule is C[C@H]1CCCN1c1cccc(Nc2nc(-c3ccc(C(=O)CCCN(C)C)cc3)nc3scnc23)c1. The van der Waals surface area contributed by atoms with Crippen LogP contribution in [0.15, 0.2) is 54.0 Å². The number of nitrogens with zero attached hydrogens (tertiary/aromatic N) is 5. The van der Waals surface area contributed by atoms with Crippen molar-refractivity contribution in [3.63, 3.8) is 0 Å². The summed E-state index contributed by atoms with van der Waals surface area (Å²) in [6.07, 6.45) is 3.86. The molecule has 0 spiro atoms. The van der Waals surface area contributed by atoms with Gasteiger partial charge in [0.25, 0.3) is 0 Å². The van der Waals surface area contributed by atoms with Crippen LogP contribution in [-0.4, -0.2) is 58.9 Å². The fourth-order valence-corrected chi connectivity index (χ4v) is 5.36. The first-order valence-corrected chi connectivity index (χ1v) is 13.4. The molecule has 3 heterocycles. The Hall–Kier alpha value is -3.36. The Morgan fingerprint density at radius 2 is 2.00 bits per heavy atom. The number of aromatic nitrogens is 3.